The second-order valence-electron chi connectivity index (χ2n) is 19.2. The minimum absolute atomic E-state index is 0.0981. The van der Waals surface area contributed by atoms with E-state index in [9.17, 15) is 0 Å². The highest BCUT2D eigenvalue weighted by molar-refractivity contribution is 6.10. The van der Waals surface area contributed by atoms with E-state index in [0.717, 1.165) is 45.9 Å². The lowest BCUT2D eigenvalue weighted by Gasteiger charge is -2.62. The number of hydrogen-bond acceptors (Lipinski definition) is 4. The van der Waals surface area contributed by atoms with Crippen molar-refractivity contribution in [1.29, 1.82) is 0 Å². The summed E-state index contributed by atoms with van der Waals surface area (Å²) < 4.78 is 9.21. The monoisotopic (exact) mass is 840 g/mol. The molecule has 4 saturated carbocycles. The zero-order valence-corrected chi connectivity index (χ0v) is 36.2. The molecular formula is C60H48N4O. The molecule has 5 aliphatic rings. The Kier molecular flexibility index (Phi) is 8.16. The van der Waals surface area contributed by atoms with Crippen molar-refractivity contribution in [2.24, 2.45) is 23.7 Å². The molecule has 15 rings (SSSR count). The molecule has 3 heterocycles. The molecule has 0 spiro atoms. The van der Waals surface area contributed by atoms with Crippen molar-refractivity contribution in [1.82, 2.24) is 9.55 Å². The topological polar surface area (TPSA) is 33.5 Å². The molecule has 0 saturated heterocycles. The number of rotatable bonds is 7. The Hall–Kier alpha value is -7.37. The first-order valence-electron chi connectivity index (χ1n) is 23.6. The average molecular weight is 841 g/mol. The van der Waals surface area contributed by atoms with Gasteiger partial charge >= 0.3 is 0 Å². The van der Waals surface area contributed by atoms with Gasteiger partial charge in [0.15, 0.2) is 0 Å². The average Bonchev–Trinajstić information content (AvgIpc) is 3.90. The number of pyridine rings is 1. The first-order chi connectivity index (χ1) is 32.2. The van der Waals surface area contributed by atoms with Crippen LogP contribution >= 0.6 is 0 Å². The first kappa shape index (κ1) is 37.0. The number of aromatic nitrogens is 2. The number of fused-ring (bicyclic) bond motifs is 7. The van der Waals surface area contributed by atoms with Crippen molar-refractivity contribution >= 4 is 66.1 Å². The van der Waals surface area contributed by atoms with Crippen LogP contribution < -0.4 is 14.5 Å². The molecule has 314 valence electrons. The summed E-state index contributed by atoms with van der Waals surface area (Å²) in [4.78, 5) is 9.99. The molecular weight excluding hydrogens is 793 g/mol. The highest BCUT2D eigenvalue weighted by Crippen LogP contribution is 2.66. The van der Waals surface area contributed by atoms with Crippen molar-refractivity contribution in [2.75, 3.05) is 16.5 Å². The van der Waals surface area contributed by atoms with Gasteiger partial charge in [-0.05, 0) is 155 Å². The van der Waals surface area contributed by atoms with Gasteiger partial charge in [0.25, 0.3) is 0 Å². The molecule has 0 radical (unpaired) electrons. The Morgan fingerprint density at radius 3 is 1.94 bits per heavy atom. The number of benzene rings is 8. The minimum Gasteiger partial charge on any atom is -0.457 e. The largest absolute Gasteiger partial charge is 0.457 e. The van der Waals surface area contributed by atoms with Gasteiger partial charge in [-0.15, -0.1) is 0 Å². The van der Waals surface area contributed by atoms with E-state index in [0.29, 0.717) is 18.5 Å². The van der Waals surface area contributed by atoms with E-state index < -0.39 is 0 Å². The number of hydrogen-bond donors (Lipinski definition) is 0. The van der Waals surface area contributed by atoms with Crippen LogP contribution in [-0.4, -0.2) is 16.2 Å². The standard InChI is InChI=1S/C60H48N4O/c1-2-13-45(14-3-1)62-38-63(57-23-9-8-22-56(57)62)46-15-10-16-47(36-46)65-48-25-27-53-52-18-6-7-21-55(52)64(58(53)37-48)59-35-42(28-29-61-59)60(43-31-39-30-40(33-43)34-44(60)32-39)54-20-11-19-50-49-17-5-4-12-41(49)24-26-51(50)54/h1-29,35-37,39-40,43-44H,30-34,38H2. The summed E-state index contributed by atoms with van der Waals surface area (Å²) >= 11 is 0. The summed E-state index contributed by atoms with van der Waals surface area (Å²) in [5.74, 6) is 5.42. The molecule has 4 fully saturated rings. The van der Waals surface area contributed by atoms with Crippen LogP contribution in [0.2, 0.25) is 0 Å². The molecule has 4 bridgehead atoms. The van der Waals surface area contributed by atoms with Gasteiger partial charge in [-0.25, -0.2) is 4.98 Å². The summed E-state index contributed by atoms with van der Waals surface area (Å²) in [5.41, 5.74) is 9.71. The van der Waals surface area contributed by atoms with Gasteiger partial charge in [0.2, 0.25) is 0 Å². The van der Waals surface area contributed by atoms with Crippen LogP contribution in [0, 0.1) is 23.7 Å². The maximum absolute atomic E-state index is 6.83. The summed E-state index contributed by atoms with van der Waals surface area (Å²) in [6, 6.07) is 68.8. The van der Waals surface area contributed by atoms with Crippen LogP contribution in [0.4, 0.5) is 22.7 Å². The van der Waals surface area contributed by atoms with Gasteiger partial charge < -0.3 is 14.5 Å². The Morgan fingerprint density at radius 1 is 0.462 bits per heavy atom. The third-order valence-electron chi connectivity index (χ3n) is 15.9. The second-order valence-corrected chi connectivity index (χ2v) is 19.2. The van der Waals surface area contributed by atoms with Gasteiger partial charge in [-0.3, -0.25) is 4.57 Å². The zero-order valence-electron chi connectivity index (χ0n) is 36.2. The van der Waals surface area contributed by atoms with Gasteiger partial charge in [0, 0.05) is 45.9 Å². The highest BCUT2D eigenvalue weighted by atomic mass is 16.5. The van der Waals surface area contributed by atoms with Crippen LogP contribution in [0.5, 0.6) is 11.5 Å². The molecule has 65 heavy (non-hydrogen) atoms. The lowest BCUT2D eigenvalue weighted by Crippen LogP contribution is -2.56. The smallest absolute Gasteiger partial charge is 0.137 e. The fraction of sp³-hybridized carbons (Fsp3) is 0.183. The van der Waals surface area contributed by atoms with E-state index in [1.807, 2.05) is 0 Å². The van der Waals surface area contributed by atoms with E-state index in [1.54, 1.807) is 0 Å². The SMILES string of the molecule is c1ccc(N2CN(c3cccc(Oc4ccc5c6ccccc6n(-c6cc(C7(c8cccc9c8ccc8ccccc89)C8CC9CC(C8)CC7C9)ccn6)c5c4)c3)c3ccccc32)cc1. The maximum Gasteiger partial charge on any atom is 0.137 e. The molecule has 8 aromatic carbocycles. The summed E-state index contributed by atoms with van der Waals surface area (Å²) in [6.07, 6.45) is 8.74. The Bertz CT molecular complexity index is 3470. The Labute approximate surface area is 379 Å². The van der Waals surface area contributed by atoms with Crippen molar-refractivity contribution in [3.63, 3.8) is 0 Å². The van der Waals surface area contributed by atoms with Crippen molar-refractivity contribution < 1.29 is 4.74 Å². The zero-order chi connectivity index (χ0) is 42.6. The quantitative estimate of drug-likeness (QED) is 0.150. The minimum atomic E-state index is -0.0981. The van der Waals surface area contributed by atoms with Gasteiger partial charge in [0.1, 0.15) is 24.0 Å². The normalized spacial score (nSPS) is 22.1. The molecule has 4 aliphatic carbocycles. The van der Waals surface area contributed by atoms with E-state index in [4.69, 9.17) is 9.72 Å². The van der Waals surface area contributed by atoms with Crippen molar-refractivity contribution in [3.05, 3.63) is 205 Å². The van der Waals surface area contributed by atoms with Crippen molar-refractivity contribution in [2.45, 2.75) is 37.5 Å². The lowest BCUT2D eigenvalue weighted by atomic mass is 9.42. The van der Waals surface area contributed by atoms with Gasteiger partial charge in [-0.1, -0.05) is 109 Å². The highest BCUT2D eigenvalue weighted by Gasteiger charge is 2.59. The van der Waals surface area contributed by atoms with E-state index in [1.165, 1.54) is 92.6 Å². The van der Waals surface area contributed by atoms with E-state index in [-0.39, 0.29) is 5.41 Å². The molecule has 0 amide bonds. The number of anilines is 4. The summed E-state index contributed by atoms with van der Waals surface area (Å²) in [7, 11) is 0. The molecule has 0 unspecified atom stereocenters. The van der Waals surface area contributed by atoms with Crippen LogP contribution in [-0.2, 0) is 5.41 Å². The third kappa shape index (κ3) is 5.61. The second kappa shape index (κ2) is 14.3. The molecule has 2 aromatic heterocycles. The first-order valence-corrected chi connectivity index (χ1v) is 23.6. The number of para-hydroxylation sites is 4. The van der Waals surface area contributed by atoms with E-state index >= 15 is 0 Å². The van der Waals surface area contributed by atoms with Crippen LogP contribution in [0.25, 0.3) is 49.2 Å². The van der Waals surface area contributed by atoms with Gasteiger partial charge in [0.05, 0.1) is 22.4 Å². The predicted octanol–water partition coefficient (Wildman–Crippen LogP) is 15.3. The molecule has 0 N–H and O–H groups in total. The van der Waals surface area contributed by atoms with Crippen LogP contribution in [0.3, 0.4) is 0 Å². The number of ether oxygens (including phenoxy) is 1. The predicted molar refractivity (Wildman–Crippen MR) is 266 cm³/mol. The van der Waals surface area contributed by atoms with Crippen molar-refractivity contribution in [3.8, 4) is 17.3 Å². The number of nitrogens with zero attached hydrogens (tertiary/aromatic N) is 4. The third-order valence-corrected chi connectivity index (χ3v) is 15.9. The van der Waals surface area contributed by atoms with Gasteiger partial charge in [-0.2, -0.15) is 0 Å². The molecule has 10 aromatic rings. The fourth-order valence-corrected chi connectivity index (χ4v) is 13.6. The molecule has 5 nitrogen and oxygen atoms in total. The molecule has 5 heteroatoms. The summed E-state index contributed by atoms with van der Waals surface area (Å²) in [6.45, 7) is 0.715. The van der Waals surface area contributed by atoms with E-state index in [2.05, 4.69) is 209 Å². The Balaban J connectivity index is 0.880. The molecule has 1 aliphatic heterocycles. The lowest BCUT2D eigenvalue weighted by molar-refractivity contribution is -0.0412. The molecule has 0 atom stereocenters. The van der Waals surface area contributed by atoms with Crippen LogP contribution in [0.15, 0.2) is 194 Å². The summed E-state index contributed by atoms with van der Waals surface area (Å²) in [5, 5.41) is 7.81. The Morgan fingerprint density at radius 2 is 1.11 bits per heavy atom. The van der Waals surface area contributed by atoms with Crippen LogP contribution in [0.1, 0.15) is 43.2 Å². The maximum atomic E-state index is 6.83. The fourth-order valence-electron chi connectivity index (χ4n) is 13.6.